The maximum Gasteiger partial charge on any atom is 0.292 e. The minimum Gasteiger partial charge on any atom is -0.369 e. The summed E-state index contributed by atoms with van der Waals surface area (Å²) in [7, 11) is 0. The second-order valence-corrected chi connectivity index (χ2v) is 8.87. The van der Waals surface area contributed by atoms with E-state index in [0.29, 0.717) is 39.0 Å². The monoisotopic (exact) mass is 438 g/mol. The molecule has 2 N–H and O–H groups in total. The number of aromatic nitrogens is 1. The van der Waals surface area contributed by atoms with E-state index < -0.39 is 0 Å². The summed E-state index contributed by atoms with van der Waals surface area (Å²) in [5.41, 5.74) is 8.36. The molecular formula is C24H30N4O4. The number of primary amides is 1. The van der Waals surface area contributed by atoms with Crippen molar-refractivity contribution >= 4 is 17.7 Å². The molecule has 32 heavy (non-hydrogen) atoms. The minimum absolute atomic E-state index is 0.142. The van der Waals surface area contributed by atoms with Crippen molar-refractivity contribution in [1.82, 2.24) is 15.0 Å². The first kappa shape index (κ1) is 22.0. The molecule has 2 fully saturated rings. The van der Waals surface area contributed by atoms with E-state index in [1.165, 1.54) is 0 Å². The number of amides is 3. The molecule has 0 bridgehead atoms. The molecule has 2 aliphatic rings. The quantitative estimate of drug-likeness (QED) is 0.770. The van der Waals surface area contributed by atoms with Gasteiger partial charge >= 0.3 is 0 Å². The van der Waals surface area contributed by atoms with Crippen LogP contribution in [0.2, 0.25) is 0 Å². The zero-order chi connectivity index (χ0) is 22.7. The summed E-state index contributed by atoms with van der Waals surface area (Å²) >= 11 is 0. The predicted molar refractivity (Wildman–Crippen MR) is 118 cm³/mol. The van der Waals surface area contributed by atoms with E-state index in [4.69, 9.17) is 10.3 Å². The fourth-order valence-electron chi connectivity index (χ4n) is 4.64. The van der Waals surface area contributed by atoms with E-state index >= 15 is 0 Å². The standard InChI is InChI=1S/C24H30N4O4/c1-16-5-2-3-6-18(16)13-22(29)27-11-8-17(9-12-27)20-14-21(32-26-20)24(31)28-10-4-7-19(15-28)23(25)30/h2-3,5-6,14,17,19H,4,7-13,15H2,1H3,(H2,25,30)/t19-/m1/s1. The molecule has 2 aromatic rings. The van der Waals surface area contributed by atoms with E-state index in [1.807, 2.05) is 36.1 Å². The average Bonchev–Trinajstić information content (AvgIpc) is 3.30. The van der Waals surface area contributed by atoms with Gasteiger partial charge in [-0.3, -0.25) is 14.4 Å². The van der Waals surface area contributed by atoms with Gasteiger partial charge in [0.25, 0.3) is 5.91 Å². The van der Waals surface area contributed by atoms with Crippen LogP contribution in [-0.4, -0.2) is 58.9 Å². The zero-order valence-corrected chi connectivity index (χ0v) is 18.5. The summed E-state index contributed by atoms with van der Waals surface area (Å²) in [6.07, 6.45) is 3.44. The molecule has 1 atom stereocenters. The van der Waals surface area contributed by atoms with Gasteiger partial charge in [0.15, 0.2) is 0 Å². The SMILES string of the molecule is Cc1ccccc1CC(=O)N1CCC(c2cc(C(=O)N3CCC[C@@H](C(N)=O)C3)on2)CC1. The Kier molecular flexibility index (Phi) is 6.58. The molecule has 0 spiro atoms. The van der Waals surface area contributed by atoms with Gasteiger partial charge in [0.1, 0.15) is 0 Å². The number of benzene rings is 1. The molecule has 8 heteroatoms. The van der Waals surface area contributed by atoms with Gasteiger partial charge in [-0.1, -0.05) is 29.4 Å². The fourth-order valence-corrected chi connectivity index (χ4v) is 4.64. The number of hydrogen-bond donors (Lipinski definition) is 1. The molecule has 170 valence electrons. The highest BCUT2D eigenvalue weighted by molar-refractivity contribution is 5.92. The van der Waals surface area contributed by atoms with Crippen molar-refractivity contribution in [1.29, 1.82) is 0 Å². The summed E-state index contributed by atoms with van der Waals surface area (Å²) in [5, 5.41) is 4.14. The zero-order valence-electron chi connectivity index (χ0n) is 18.5. The van der Waals surface area contributed by atoms with Crippen LogP contribution in [-0.2, 0) is 16.0 Å². The molecule has 0 unspecified atom stereocenters. The van der Waals surface area contributed by atoms with Crippen LogP contribution in [0.3, 0.4) is 0 Å². The van der Waals surface area contributed by atoms with Crippen LogP contribution in [0.25, 0.3) is 0 Å². The topological polar surface area (TPSA) is 110 Å². The molecule has 1 aromatic carbocycles. The Morgan fingerprint density at radius 1 is 1.09 bits per heavy atom. The Hall–Kier alpha value is -3.16. The average molecular weight is 439 g/mol. The fraction of sp³-hybridized carbons (Fsp3) is 0.500. The van der Waals surface area contributed by atoms with E-state index in [-0.39, 0.29) is 35.3 Å². The summed E-state index contributed by atoms with van der Waals surface area (Å²) in [4.78, 5) is 40.5. The lowest BCUT2D eigenvalue weighted by molar-refractivity contribution is -0.131. The molecule has 8 nitrogen and oxygen atoms in total. The van der Waals surface area contributed by atoms with Crippen molar-refractivity contribution in [2.24, 2.45) is 11.7 Å². The second-order valence-electron chi connectivity index (χ2n) is 8.87. The van der Waals surface area contributed by atoms with Crippen molar-refractivity contribution in [3.05, 3.63) is 52.9 Å². The van der Waals surface area contributed by atoms with Gasteiger partial charge < -0.3 is 20.1 Å². The maximum atomic E-state index is 12.8. The Morgan fingerprint density at radius 3 is 2.56 bits per heavy atom. The van der Waals surface area contributed by atoms with Crippen molar-refractivity contribution < 1.29 is 18.9 Å². The van der Waals surface area contributed by atoms with Gasteiger partial charge in [-0.25, -0.2) is 0 Å². The number of carbonyl (C=O) groups excluding carboxylic acids is 3. The molecule has 2 aliphatic heterocycles. The molecule has 1 aromatic heterocycles. The predicted octanol–water partition coefficient (Wildman–Crippen LogP) is 2.27. The van der Waals surface area contributed by atoms with Gasteiger partial charge in [0, 0.05) is 38.2 Å². The summed E-state index contributed by atoms with van der Waals surface area (Å²) < 4.78 is 5.36. The van der Waals surface area contributed by atoms with Crippen molar-refractivity contribution in [2.75, 3.05) is 26.2 Å². The van der Waals surface area contributed by atoms with Crippen molar-refractivity contribution in [3.8, 4) is 0 Å². The highest BCUT2D eigenvalue weighted by Gasteiger charge is 2.31. The summed E-state index contributed by atoms with van der Waals surface area (Å²) in [6, 6.07) is 9.68. The van der Waals surface area contributed by atoms with Gasteiger partial charge in [0.05, 0.1) is 18.0 Å². The molecule has 0 aliphatic carbocycles. The minimum atomic E-state index is -0.371. The summed E-state index contributed by atoms with van der Waals surface area (Å²) in [5.74, 6) is -0.435. The number of likely N-dealkylation sites (tertiary alicyclic amines) is 2. The first-order chi connectivity index (χ1) is 15.4. The number of carbonyl (C=O) groups is 3. The molecule has 0 radical (unpaired) electrons. The number of piperidine rings is 2. The first-order valence-corrected chi connectivity index (χ1v) is 11.3. The van der Waals surface area contributed by atoms with Crippen LogP contribution < -0.4 is 5.73 Å². The van der Waals surface area contributed by atoms with E-state index in [2.05, 4.69) is 5.16 Å². The third-order valence-electron chi connectivity index (χ3n) is 6.72. The van der Waals surface area contributed by atoms with Gasteiger partial charge in [-0.2, -0.15) is 0 Å². The van der Waals surface area contributed by atoms with Crippen molar-refractivity contribution in [2.45, 2.75) is 44.9 Å². The van der Waals surface area contributed by atoms with Crippen LogP contribution >= 0.6 is 0 Å². The number of nitrogens with zero attached hydrogens (tertiary/aromatic N) is 3. The third-order valence-corrected chi connectivity index (χ3v) is 6.72. The third kappa shape index (κ3) is 4.84. The second kappa shape index (κ2) is 9.54. The molecule has 4 rings (SSSR count). The van der Waals surface area contributed by atoms with E-state index in [0.717, 1.165) is 36.1 Å². The number of aryl methyl sites for hydroxylation is 1. The summed E-state index contributed by atoms with van der Waals surface area (Å²) in [6.45, 7) is 4.26. The lowest BCUT2D eigenvalue weighted by Gasteiger charge is -2.31. The highest BCUT2D eigenvalue weighted by Crippen LogP contribution is 2.29. The molecule has 2 saturated heterocycles. The molecular weight excluding hydrogens is 408 g/mol. The van der Waals surface area contributed by atoms with Gasteiger partial charge in [-0.05, 0) is 43.7 Å². The smallest absolute Gasteiger partial charge is 0.292 e. The van der Waals surface area contributed by atoms with Crippen LogP contribution in [0.4, 0.5) is 0 Å². The number of nitrogens with two attached hydrogens (primary N) is 1. The lowest BCUT2D eigenvalue weighted by atomic mass is 9.92. The van der Waals surface area contributed by atoms with E-state index in [9.17, 15) is 14.4 Å². The van der Waals surface area contributed by atoms with Crippen LogP contribution in [0.1, 0.15) is 59.0 Å². The number of hydrogen-bond acceptors (Lipinski definition) is 5. The molecule has 0 saturated carbocycles. The maximum absolute atomic E-state index is 12.8. The number of rotatable bonds is 5. The van der Waals surface area contributed by atoms with E-state index in [1.54, 1.807) is 11.0 Å². The van der Waals surface area contributed by atoms with Crippen LogP contribution in [0, 0.1) is 12.8 Å². The lowest BCUT2D eigenvalue weighted by Crippen LogP contribution is -2.44. The Labute approximate surface area is 187 Å². The molecule has 3 amide bonds. The Balaban J connectivity index is 1.32. The normalized spacial score (nSPS) is 19.7. The van der Waals surface area contributed by atoms with Gasteiger partial charge in [-0.15, -0.1) is 0 Å². The largest absolute Gasteiger partial charge is 0.369 e. The Bertz CT molecular complexity index is 993. The highest BCUT2D eigenvalue weighted by atomic mass is 16.5. The van der Waals surface area contributed by atoms with Crippen molar-refractivity contribution in [3.63, 3.8) is 0 Å². The van der Waals surface area contributed by atoms with Crippen LogP contribution in [0.5, 0.6) is 0 Å². The first-order valence-electron chi connectivity index (χ1n) is 11.3. The van der Waals surface area contributed by atoms with Gasteiger partial charge in [0.2, 0.25) is 17.6 Å². The molecule has 3 heterocycles. The van der Waals surface area contributed by atoms with Crippen LogP contribution in [0.15, 0.2) is 34.9 Å². The Morgan fingerprint density at radius 2 is 1.84 bits per heavy atom.